The van der Waals surface area contributed by atoms with Crippen molar-refractivity contribution in [1.82, 2.24) is 0 Å². The number of rotatable bonds is 8. The van der Waals surface area contributed by atoms with E-state index in [1.165, 1.54) is 0 Å². The van der Waals surface area contributed by atoms with Gasteiger partial charge < -0.3 is 36.3 Å². The zero-order chi connectivity index (χ0) is 19.3. The molecule has 0 saturated heterocycles. The third-order valence-corrected chi connectivity index (χ3v) is 4.38. The van der Waals surface area contributed by atoms with E-state index in [-0.39, 0.29) is 0 Å². The molecule has 0 atom stereocenters. The monoisotopic (exact) mass is 360 g/mol. The van der Waals surface area contributed by atoms with Gasteiger partial charge in [0.05, 0.1) is 27.5 Å². The van der Waals surface area contributed by atoms with Gasteiger partial charge in [0.25, 0.3) is 0 Å². The fourth-order valence-corrected chi connectivity index (χ4v) is 2.99. The van der Waals surface area contributed by atoms with Gasteiger partial charge in [0.15, 0.2) is 11.5 Å². The van der Waals surface area contributed by atoms with E-state index in [1.807, 2.05) is 32.2 Å². The third-order valence-electron chi connectivity index (χ3n) is 4.38. The first-order valence-electron chi connectivity index (χ1n) is 8.31. The molecule has 0 radical (unpaired) electrons. The van der Waals surface area contributed by atoms with Crippen LogP contribution in [-0.2, 0) is 6.54 Å². The Bertz CT molecular complexity index is 738. The molecule has 26 heavy (non-hydrogen) atoms. The summed E-state index contributed by atoms with van der Waals surface area (Å²) in [7, 11) is 6.62. The molecule has 0 amide bonds. The summed E-state index contributed by atoms with van der Waals surface area (Å²) < 4.78 is 16.1. The topological polar surface area (TPSA) is 104 Å². The van der Waals surface area contributed by atoms with E-state index in [0.29, 0.717) is 23.8 Å². The quantitative estimate of drug-likeness (QED) is 0.536. The van der Waals surface area contributed by atoms with Crippen molar-refractivity contribution in [3.05, 3.63) is 41.0 Å². The standard InChI is InChI=1S/C19H28N4O3/c1-11-12(6-7-14(22-2)17(11)19(20)21)10-23-13-8-15(24-3)18(26-5)16(9-13)25-4/h6-9,19,22-23H,10,20-21H2,1-5H3. The second-order valence-electron chi connectivity index (χ2n) is 5.85. The second-order valence-corrected chi connectivity index (χ2v) is 5.85. The Kier molecular flexibility index (Phi) is 6.54. The molecule has 6 N–H and O–H groups in total. The number of nitrogens with two attached hydrogens (primary N) is 2. The average molecular weight is 360 g/mol. The predicted octanol–water partition coefficient (Wildman–Crippen LogP) is 2.59. The van der Waals surface area contributed by atoms with Gasteiger partial charge in [-0.1, -0.05) is 6.07 Å². The van der Waals surface area contributed by atoms with Crippen LogP contribution in [0.25, 0.3) is 0 Å². The molecular weight excluding hydrogens is 332 g/mol. The van der Waals surface area contributed by atoms with Gasteiger partial charge in [0.1, 0.15) is 0 Å². The molecule has 0 aliphatic carbocycles. The normalized spacial score (nSPS) is 10.6. The highest BCUT2D eigenvalue weighted by atomic mass is 16.5. The van der Waals surface area contributed by atoms with Crippen LogP contribution in [0.4, 0.5) is 11.4 Å². The van der Waals surface area contributed by atoms with Crippen LogP contribution in [0.3, 0.4) is 0 Å². The summed E-state index contributed by atoms with van der Waals surface area (Å²) in [6.45, 7) is 2.63. The van der Waals surface area contributed by atoms with E-state index in [1.54, 1.807) is 21.3 Å². The van der Waals surface area contributed by atoms with E-state index in [0.717, 1.165) is 28.1 Å². The Labute approximate surface area is 154 Å². The smallest absolute Gasteiger partial charge is 0.203 e. The number of benzene rings is 2. The maximum absolute atomic E-state index is 5.95. The van der Waals surface area contributed by atoms with Gasteiger partial charge in [-0.05, 0) is 24.1 Å². The van der Waals surface area contributed by atoms with Gasteiger partial charge in [-0.25, -0.2) is 0 Å². The van der Waals surface area contributed by atoms with Gasteiger partial charge >= 0.3 is 0 Å². The van der Waals surface area contributed by atoms with E-state index >= 15 is 0 Å². The summed E-state index contributed by atoms with van der Waals surface area (Å²) >= 11 is 0. The molecule has 0 aromatic heterocycles. The Morgan fingerprint density at radius 2 is 1.62 bits per heavy atom. The van der Waals surface area contributed by atoms with Crippen molar-refractivity contribution in [2.75, 3.05) is 39.0 Å². The van der Waals surface area contributed by atoms with Crippen LogP contribution in [0, 0.1) is 6.92 Å². The van der Waals surface area contributed by atoms with Crippen LogP contribution >= 0.6 is 0 Å². The lowest BCUT2D eigenvalue weighted by molar-refractivity contribution is 0.324. The number of methoxy groups -OCH3 is 3. The molecule has 0 fully saturated rings. The summed E-state index contributed by atoms with van der Waals surface area (Å²) in [5.41, 5.74) is 16.8. The molecule has 0 aliphatic rings. The Hall–Kier alpha value is -2.64. The lowest BCUT2D eigenvalue weighted by Gasteiger charge is -2.20. The molecule has 7 nitrogen and oxygen atoms in total. The zero-order valence-electron chi connectivity index (χ0n) is 16.0. The van der Waals surface area contributed by atoms with Gasteiger partial charge in [-0.15, -0.1) is 0 Å². The summed E-state index contributed by atoms with van der Waals surface area (Å²) in [4.78, 5) is 0. The molecule has 0 saturated carbocycles. The molecule has 2 aromatic rings. The van der Waals surface area contributed by atoms with E-state index in [4.69, 9.17) is 25.7 Å². The molecule has 0 aliphatic heterocycles. The third kappa shape index (κ3) is 3.95. The van der Waals surface area contributed by atoms with Crippen LogP contribution in [0.15, 0.2) is 24.3 Å². The predicted molar refractivity (Wildman–Crippen MR) is 105 cm³/mol. The van der Waals surface area contributed by atoms with E-state index in [2.05, 4.69) is 16.7 Å². The molecule has 0 heterocycles. The number of nitrogens with one attached hydrogen (secondary N) is 2. The minimum absolute atomic E-state index is 0.543. The first-order chi connectivity index (χ1) is 12.5. The lowest BCUT2D eigenvalue weighted by Crippen LogP contribution is -2.23. The average Bonchev–Trinajstić information content (AvgIpc) is 2.65. The summed E-state index contributed by atoms with van der Waals surface area (Å²) in [5, 5.41) is 6.52. The highest BCUT2D eigenvalue weighted by Crippen LogP contribution is 2.40. The largest absolute Gasteiger partial charge is 0.493 e. The van der Waals surface area contributed by atoms with Crippen molar-refractivity contribution in [3.63, 3.8) is 0 Å². The van der Waals surface area contributed by atoms with Crippen molar-refractivity contribution >= 4 is 11.4 Å². The van der Waals surface area contributed by atoms with Gasteiger partial charge in [-0.3, -0.25) is 0 Å². The second kappa shape index (κ2) is 8.64. The number of hydrogen-bond donors (Lipinski definition) is 4. The summed E-state index contributed by atoms with van der Waals surface area (Å²) in [6, 6.07) is 7.78. The van der Waals surface area contributed by atoms with Gasteiger partial charge in [0.2, 0.25) is 5.75 Å². The highest BCUT2D eigenvalue weighted by Gasteiger charge is 2.15. The van der Waals surface area contributed by atoms with Crippen molar-refractivity contribution in [2.24, 2.45) is 11.5 Å². The van der Waals surface area contributed by atoms with Crippen molar-refractivity contribution in [2.45, 2.75) is 19.6 Å². The molecule has 2 rings (SSSR count). The minimum atomic E-state index is -0.543. The van der Waals surface area contributed by atoms with Crippen LogP contribution in [0.5, 0.6) is 17.2 Å². The van der Waals surface area contributed by atoms with Crippen molar-refractivity contribution in [3.8, 4) is 17.2 Å². The van der Waals surface area contributed by atoms with E-state index < -0.39 is 6.17 Å². The molecule has 0 unspecified atom stereocenters. The van der Waals surface area contributed by atoms with Gasteiger partial charge in [-0.2, -0.15) is 0 Å². The van der Waals surface area contributed by atoms with Crippen LogP contribution in [-0.4, -0.2) is 28.4 Å². The number of ether oxygens (including phenoxy) is 3. The SMILES string of the molecule is CNc1ccc(CNc2cc(OC)c(OC)c(OC)c2)c(C)c1C(N)N. The van der Waals surface area contributed by atoms with Crippen molar-refractivity contribution < 1.29 is 14.2 Å². The molecule has 142 valence electrons. The highest BCUT2D eigenvalue weighted by molar-refractivity contribution is 5.63. The fourth-order valence-electron chi connectivity index (χ4n) is 2.99. The summed E-state index contributed by atoms with van der Waals surface area (Å²) in [6.07, 6.45) is -0.543. The lowest BCUT2D eigenvalue weighted by atomic mass is 9.98. The molecule has 2 aromatic carbocycles. The Morgan fingerprint density at radius 1 is 1.00 bits per heavy atom. The summed E-state index contributed by atoms with van der Waals surface area (Å²) in [5.74, 6) is 1.76. The molecular formula is C19H28N4O3. The van der Waals surface area contributed by atoms with Crippen LogP contribution < -0.4 is 36.3 Å². The van der Waals surface area contributed by atoms with Gasteiger partial charge in [0, 0.05) is 42.7 Å². The maximum Gasteiger partial charge on any atom is 0.203 e. The van der Waals surface area contributed by atoms with Crippen molar-refractivity contribution in [1.29, 1.82) is 0 Å². The van der Waals surface area contributed by atoms with Crippen LogP contribution in [0.2, 0.25) is 0 Å². The molecule has 0 spiro atoms. The first kappa shape index (κ1) is 19.7. The Balaban J connectivity index is 2.30. The molecule has 0 bridgehead atoms. The maximum atomic E-state index is 5.95. The minimum Gasteiger partial charge on any atom is -0.493 e. The van der Waals surface area contributed by atoms with E-state index in [9.17, 15) is 0 Å². The number of anilines is 2. The number of hydrogen-bond acceptors (Lipinski definition) is 7. The van der Waals surface area contributed by atoms with Crippen LogP contribution in [0.1, 0.15) is 22.9 Å². The molecule has 7 heteroatoms. The zero-order valence-corrected chi connectivity index (χ0v) is 16.0. The fraction of sp³-hybridized carbons (Fsp3) is 0.368. The Morgan fingerprint density at radius 3 is 2.08 bits per heavy atom. The first-order valence-corrected chi connectivity index (χ1v) is 8.31.